The van der Waals surface area contributed by atoms with Crippen LogP contribution in [-0.4, -0.2) is 20.8 Å². The largest absolute Gasteiger partial charge is 0.250 e. The van der Waals surface area contributed by atoms with Gasteiger partial charge in [-0.05, 0) is 37.3 Å². The summed E-state index contributed by atoms with van der Waals surface area (Å²) in [5.41, 5.74) is 0.790. The van der Waals surface area contributed by atoms with Crippen molar-refractivity contribution in [1.82, 2.24) is 4.72 Å². The van der Waals surface area contributed by atoms with Crippen LogP contribution in [0.4, 0.5) is 0 Å². The van der Waals surface area contributed by atoms with Crippen molar-refractivity contribution in [2.75, 3.05) is 12.4 Å². The van der Waals surface area contributed by atoms with Gasteiger partial charge in [0.25, 0.3) is 0 Å². The molecule has 0 aromatic carbocycles. The van der Waals surface area contributed by atoms with Crippen molar-refractivity contribution < 1.29 is 8.42 Å². The number of hydrogen-bond donors (Lipinski definition) is 1. The molecule has 3 nitrogen and oxygen atoms in total. The van der Waals surface area contributed by atoms with Crippen LogP contribution in [0.5, 0.6) is 0 Å². The number of sulfonamides is 1. The van der Waals surface area contributed by atoms with E-state index in [-0.39, 0.29) is 4.21 Å². The third kappa shape index (κ3) is 4.70. The van der Waals surface area contributed by atoms with Gasteiger partial charge < -0.3 is 0 Å². The first-order valence-electron chi connectivity index (χ1n) is 5.68. The Hall–Kier alpha value is 0.190. The van der Waals surface area contributed by atoms with Crippen LogP contribution in [0, 0.1) is 12.8 Å². The highest BCUT2D eigenvalue weighted by molar-refractivity contribution is 7.91. The van der Waals surface area contributed by atoms with Crippen molar-refractivity contribution in [3.63, 3.8) is 0 Å². The summed E-state index contributed by atoms with van der Waals surface area (Å²) in [7, 11) is -3.42. The number of nitrogens with one attached hydrogen (secondary N) is 1. The normalized spacial score (nSPS) is 13.8. The van der Waals surface area contributed by atoms with E-state index in [0.29, 0.717) is 22.7 Å². The van der Waals surface area contributed by atoms with Gasteiger partial charge in [0.05, 0.1) is 4.34 Å². The van der Waals surface area contributed by atoms with Crippen molar-refractivity contribution in [2.45, 2.75) is 30.9 Å². The Morgan fingerprint density at radius 1 is 1.50 bits per heavy atom. The zero-order valence-corrected chi connectivity index (χ0v) is 13.5. The molecule has 0 fully saturated rings. The zero-order valence-electron chi connectivity index (χ0n) is 10.4. The van der Waals surface area contributed by atoms with E-state index in [2.05, 4.69) is 4.72 Å². The molecular formula is C11H17Cl2NO2S2. The highest BCUT2D eigenvalue weighted by atomic mass is 35.5. The molecule has 1 unspecified atom stereocenters. The molecule has 1 rings (SSSR count). The number of rotatable bonds is 7. The first kappa shape index (κ1) is 16.2. The summed E-state index contributed by atoms with van der Waals surface area (Å²) >= 11 is 12.6. The highest BCUT2D eigenvalue weighted by Crippen LogP contribution is 2.29. The molecule has 104 valence electrons. The summed E-state index contributed by atoms with van der Waals surface area (Å²) in [6.07, 6.45) is 1.70. The molecule has 0 aliphatic rings. The molecular weight excluding hydrogens is 313 g/mol. The summed E-state index contributed by atoms with van der Waals surface area (Å²) in [5, 5.41) is 0. The molecule has 0 aliphatic heterocycles. The summed E-state index contributed by atoms with van der Waals surface area (Å²) in [4.78, 5) is 0. The minimum atomic E-state index is -3.42. The van der Waals surface area contributed by atoms with Crippen molar-refractivity contribution in [1.29, 1.82) is 0 Å². The Morgan fingerprint density at radius 3 is 2.67 bits per heavy atom. The van der Waals surface area contributed by atoms with Crippen LogP contribution in [0.15, 0.2) is 10.3 Å². The van der Waals surface area contributed by atoms with E-state index in [4.69, 9.17) is 23.2 Å². The number of thiophene rings is 1. The fraction of sp³-hybridized carbons (Fsp3) is 0.636. The van der Waals surface area contributed by atoms with Gasteiger partial charge in [-0.15, -0.1) is 22.9 Å². The van der Waals surface area contributed by atoms with E-state index < -0.39 is 10.0 Å². The Kier molecular flexibility index (Phi) is 6.41. The second-order valence-corrected chi connectivity index (χ2v) is 8.28. The first-order chi connectivity index (χ1) is 8.36. The van der Waals surface area contributed by atoms with E-state index in [1.165, 1.54) is 0 Å². The maximum Gasteiger partial charge on any atom is 0.250 e. The monoisotopic (exact) mass is 329 g/mol. The number of alkyl halides is 1. The number of aryl methyl sites for hydroxylation is 1. The molecule has 0 saturated heterocycles. The van der Waals surface area contributed by atoms with Gasteiger partial charge in [-0.25, -0.2) is 13.1 Å². The Balaban J connectivity index is 2.50. The molecule has 0 spiro atoms. The predicted octanol–water partition coefficient (Wildman–Crippen LogP) is 3.64. The van der Waals surface area contributed by atoms with Crippen LogP contribution >= 0.6 is 34.5 Å². The van der Waals surface area contributed by atoms with Crippen LogP contribution in [0.2, 0.25) is 4.34 Å². The molecule has 1 N–H and O–H groups in total. The lowest BCUT2D eigenvalue weighted by molar-refractivity contribution is 0.544. The third-order valence-electron chi connectivity index (χ3n) is 2.53. The Labute approximate surface area is 123 Å². The summed E-state index contributed by atoms with van der Waals surface area (Å²) in [5.74, 6) is 1.02. The van der Waals surface area contributed by atoms with Crippen LogP contribution in [-0.2, 0) is 10.0 Å². The Bertz CT molecular complexity index is 466. The van der Waals surface area contributed by atoms with Crippen molar-refractivity contribution >= 4 is 44.6 Å². The summed E-state index contributed by atoms with van der Waals surface area (Å²) in [6, 6.07) is 1.59. The molecule has 0 saturated carbocycles. The first-order valence-corrected chi connectivity index (χ1v) is 8.89. The van der Waals surface area contributed by atoms with Gasteiger partial charge in [0.2, 0.25) is 10.0 Å². The lowest BCUT2D eigenvalue weighted by Gasteiger charge is -2.07. The van der Waals surface area contributed by atoms with Gasteiger partial charge in [-0.2, -0.15) is 0 Å². The average Bonchev–Trinajstić information content (AvgIpc) is 2.66. The van der Waals surface area contributed by atoms with Crippen LogP contribution < -0.4 is 4.72 Å². The highest BCUT2D eigenvalue weighted by Gasteiger charge is 2.17. The molecule has 0 amide bonds. The molecule has 1 aromatic heterocycles. The van der Waals surface area contributed by atoms with Gasteiger partial charge in [-0.3, -0.25) is 0 Å². The minimum absolute atomic E-state index is 0.274. The fourth-order valence-electron chi connectivity index (χ4n) is 1.37. The van der Waals surface area contributed by atoms with Gasteiger partial charge in [0.1, 0.15) is 4.21 Å². The van der Waals surface area contributed by atoms with E-state index in [1.807, 2.05) is 6.92 Å². The van der Waals surface area contributed by atoms with E-state index >= 15 is 0 Å². The molecule has 1 aromatic rings. The number of halogens is 2. The summed E-state index contributed by atoms with van der Waals surface area (Å²) in [6.45, 7) is 4.27. The topological polar surface area (TPSA) is 46.2 Å². The van der Waals surface area contributed by atoms with Gasteiger partial charge in [0, 0.05) is 12.4 Å². The van der Waals surface area contributed by atoms with Crippen LogP contribution in [0.3, 0.4) is 0 Å². The third-order valence-corrected chi connectivity index (χ3v) is 6.55. The lowest BCUT2D eigenvalue weighted by atomic mass is 10.1. The summed E-state index contributed by atoms with van der Waals surface area (Å²) < 4.78 is 27.2. The smallest absolute Gasteiger partial charge is 0.210 e. The predicted molar refractivity (Wildman–Crippen MR) is 78.4 cm³/mol. The molecule has 1 heterocycles. The van der Waals surface area contributed by atoms with Crippen molar-refractivity contribution in [3.8, 4) is 0 Å². The second-order valence-electron chi connectivity index (χ2n) is 4.32. The average molecular weight is 330 g/mol. The van der Waals surface area contributed by atoms with Gasteiger partial charge in [-0.1, -0.05) is 18.5 Å². The number of hydrogen-bond acceptors (Lipinski definition) is 3. The van der Waals surface area contributed by atoms with Crippen molar-refractivity contribution in [3.05, 3.63) is 16.0 Å². The molecule has 0 bridgehead atoms. The molecule has 0 radical (unpaired) electrons. The molecule has 18 heavy (non-hydrogen) atoms. The second kappa shape index (κ2) is 7.10. The minimum Gasteiger partial charge on any atom is -0.210 e. The van der Waals surface area contributed by atoms with Gasteiger partial charge in [0.15, 0.2) is 0 Å². The van der Waals surface area contributed by atoms with Crippen molar-refractivity contribution in [2.24, 2.45) is 5.92 Å². The maximum atomic E-state index is 11.9. The zero-order chi connectivity index (χ0) is 13.8. The van der Waals surface area contributed by atoms with E-state index in [9.17, 15) is 8.42 Å². The molecule has 1 atom stereocenters. The SMILES string of the molecule is Cc1cc(S(=O)(=O)NCCCC(C)CCl)sc1Cl. The Morgan fingerprint density at radius 2 is 2.17 bits per heavy atom. The lowest BCUT2D eigenvalue weighted by Crippen LogP contribution is -2.24. The van der Waals surface area contributed by atoms with Gasteiger partial charge >= 0.3 is 0 Å². The standard InChI is InChI=1S/C11H17Cl2NO2S2/c1-8(7-12)4-3-5-14-18(15,16)10-6-9(2)11(13)17-10/h6,8,14H,3-5,7H2,1-2H3. The quantitative estimate of drug-likeness (QED) is 0.613. The van der Waals surface area contributed by atoms with Crippen LogP contribution in [0.25, 0.3) is 0 Å². The molecule has 7 heteroatoms. The van der Waals surface area contributed by atoms with E-state index in [1.54, 1.807) is 13.0 Å². The fourth-order valence-corrected chi connectivity index (χ4v) is 4.35. The van der Waals surface area contributed by atoms with Crippen LogP contribution in [0.1, 0.15) is 25.3 Å². The molecule has 0 aliphatic carbocycles. The maximum absolute atomic E-state index is 11.9. The van der Waals surface area contributed by atoms with E-state index in [0.717, 1.165) is 29.7 Å².